The molecule has 8 heteroatoms. The lowest BCUT2D eigenvalue weighted by Gasteiger charge is -2.17. The molecule has 2 N–H and O–H groups in total. The van der Waals surface area contributed by atoms with Gasteiger partial charge >= 0.3 is 6.18 Å². The number of H-pyrrole nitrogens is 1. The Hall–Kier alpha value is -2.77. The summed E-state index contributed by atoms with van der Waals surface area (Å²) >= 11 is 0. The first-order valence-electron chi connectivity index (χ1n) is 7.55. The van der Waals surface area contributed by atoms with Crippen molar-refractivity contribution >= 4 is 5.91 Å². The van der Waals surface area contributed by atoms with Crippen LogP contribution in [0.4, 0.5) is 13.2 Å². The van der Waals surface area contributed by atoms with E-state index in [1.165, 1.54) is 0 Å². The van der Waals surface area contributed by atoms with E-state index in [9.17, 15) is 22.8 Å². The van der Waals surface area contributed by atoms with E-state index in [1.54, 1.807) is 11.9 Å². The van der Waals surface area contributed by atoms with Crippen LogP contribution < -0.4 is 15.6 Å². The van der Waals surface area contributed by atoms with Gasteiger partial charge in [0.15, 0.2) is 0 Å². The van der Waals surface area contributed by atoms with Gasteiger partial charge in [0.05, 0.1) is 6.04 Å². The van der Waals surface area contributed by atoms with Gasteiger partial charge in [0.25, 0.3) is 11.5 Å². The van der Waals surface area contributed by atoms with Gasteiger partial charge in [-0.3, -0.25) is 9.59 Å². The number of amides is 1. The molecule has 0 saturated carbocycles. The number of ether oxygens (including phenoxy) is 1. The van der Waals surface area contributed by atoms with Crippen LogP contribution in [-0.2, 0) is 6.18 Å². The molecule has 0 fully saturated rings. The Morgan fingerprint density at radius 3 is 2.60 bits per heavy atom. The van der Waals surface area contributed by atoms with Gasteiger partial charge in [0.2, 0.25) is 0 Å². The number of hydrogen-bond donors (Lipinski definition) is 2. The molecule has 0 spiro atoms. The molecule has 0 radical (unpaired) electrons. The largest absolute Gasteiger partial charge is 0.488 e. The first-order valence-corrected chi connectivity index (χ1v) is 7.55. The molecule has 5 nitrogen and oxygen atoms in total. The maximum absolute atomic E-state index is 12.6. The Kier molecular flexibility index (Phi) is 4.06. The summed E-state index contributed by atoms with van der Waals surface area (Å²) in [5.74, 6) is -0.122. The molecule has 2 unspecified atom stereocenters. The van der Waals surface area contributed by atoms with Crippen LogP contribution in [0.15, 0.2) is 35.1 Å². The van der Waals surface area contributed by atoms with E-state index in [2.05, 4.69) is 5.32 Å². The standard InChI is InChI=1S/C17H15F3N2O3/c1-8-3-4-10-12(7-8)25-9(2)14(10)22-16(24)11-5-6-13(17(18,19)20)21-15(11)23/h3-7,9,14H,1-2H3,(H,21,23)(H,22,24). The first-order chi connectivity index (χ1) is 11.7. The van der Waals surface area contributed by atoms with Crippen LogP contribution in [0, 0.1) is 6.92 Å². The molecule has 1 aliphatic rings. The fourth-order valence-corrected chi connectivity index (χ4v) is 2.75. The number of pyridine rings is 1. The summed E-state index contributed by atoms with van der Waals surface area (Å²) in [6.45, 7) is 3.67. The number of nitrogens with one attached hydrogen (secondary N) is 2. The van der Waals surface area contributed by atoms with Crippen molar-refractivity contribution in [3.63, 3.8) is 0 Å². The molecule has 1 aliphatic heterocycles. The van der Waals surface area contributed by atoms with Crippen LogP contribution in [0.25, 0.3) is 0 Å². The summed E-state index contributed by atoms with van der Waals surface area (Å²) in [6.07, 6.45) is -5.05. The number of halogens is 3. The molecule has 3 rings (SSSR count). The average Bonchev–Trinajstić information content (AvgIpc) is 2.81. The van der Waals surface area contributed by atoms with Crippen LogP contribution in [-0.4, -0.2) is 17.0 Å². The van der Waals surface area contributed by atoms with Crippen LogP contribution in [0.5, 0.6) is 5.75 Å². The third-order valence-electron chi connectivity index (χ3n) is 4.03. The molecular formula is C17H15F3N2O3. The van der Waals surface area contributed by atoms with Gasteiger partial charge in [-0.25, -0.2) is 0 Å². The van der Waals surface area contributed by atoms with E-state index in [0.29, 0.717) is 11.8 Å². The zero-order chi connectivity index (χ0) is 18.4. The van der Waals surface area contributed by atoms with Gasteiger partial charge in [-0.05, 0) is 37.6 Å². The second kappa shape index (κ2) is 5.94. The van der Waals surface area contributed by atoms with Crippen LogP contribution in [0.3, 0.4) is 0 Å². The quantitative estimate of drug-likeness (QED) is 0.873. The number of carbonyl (C=O) groups is 1. The number of rotatable bonds is 2. The zero-order valence-electron chi connectivity index (χ0n) is 13.4. The number of carbonyl (C=O) groups excluding carboxylic acids is 1. The van der Waals surface area contributed by atoms with Crippen LogP contribution in [0.2, 0.25) is 0 Å². The van der Waals surface area contributed by atoms with E-state index in [1.807, 2.05) is 25.1 Å². The smallest absolute Gasteiger partial charge is 0.431 e. The maximum Gasteiger partial charge on any atom is 0.431 e. The Bertz CT molecular complexity index is 889. The number of hydrogen-bond acceptors (Lipinski definition) is 3. The van der Waals surface area contributed by atoms with E-state index < -0.39 is 29.4 Å². The number of alkyl halides is 3. The summed E-state index contributed by atoms with van der Waals surface area (Å²) in [5.41, 5.74) is -0.928. The minimum Gasteiger partial charge on any atom is -0.488 e. The highest BCUT2D eigenvalue weighted by Gasteiger charge is 2.34. The Labute approximate surface area is 140 Å². The lowest BCUT2D eigenvalue weighted by atomic mass is 10.0. The van der Waals surface area contributed by atoms with E-state index in [-0.39, 0.29) is 11.7 Å². The third kappa shape index (κ3) is 3.24. The number of aromatic nitrogens is 1. The first kappa shape index (κ1) is 17.1. The van der Waals surface area contributed by atoms with Gasteiger partial charge < -0.3 is 15.0 Å². The fraction of sp³-hybridized carbons (Fsp3) is 0.294. The Balaban J connectivity index is 1.85. The van der Waals surface area contributed by atoms with Gasteiger partial charge in [0, 0.05) is 5.56 Å². The summed E-state index contributed by atoms with van der Waals surface area (Å²) in [7, 11) is 0. The number of aromatic amines is 1. The molecule has 2 aromatic rings. The van der Waals surface area contributed by atoms with Crippen molar-refractivity contribution in [1.29, 1.82) is 0 Å². The summed E-state index contributed by atoms with van der Waals surface area (Å²) in [6, 6.07) is 6.56. The van der Waals surface area contributed by atoms with Crippen molar-refractivity contribution in [3.8, 4) is 5.75 Å². The Morgan fingerprint density at radius 1 is 1.24 bits per heavy atom. The zero-order valence-corrected chi connectivity index (χ0v) is 13.4. The molecule has 1 aromatic heterocycles. The fourth-order valence-electron chi connectivity index (χ4n) is 2.75. The molecule has 1 amide bonds. The van der Waals surface area contributed by atoms with Crippen molar-refractivity contribution < 1.29 is 22.7 Å². The molecule has 1 aromatic carbocycles. The van der Waals surface area contributed by atoms with Gasteiger partial charge in [0.1, 0.15) is 23.1 Å². The van der Waals surface area contributed by atoms with E-state index in [4.69, 9.17) is 4.74 Å². The highest BCUT2D eigenvalue weighted by molar-refractivity contribution is 5.94. The van der Waals surface area contributed by atoms with E-state index >= 15 is 0 Å². The number of fused-ring (bicyclic) bond motifs is 1. The maximum atomic E-state index is 12.6. The Morgan fingerprint density at radius 2 is 1.96 bits per heavy atom. The summed E-state index contributed by atoms with van der Waals surface area (Å²) in [5, 5.41) is 2.65. The van der Waals surface area contributed by atoms with Crippen LogP contribution >= 0.6 is 0 Å². The van der Waals surface area contributed by atoms with Crippen molar-refractivity contribution in [1.82, 2.24) is 10.3 Å². The van der Waals surface area contributed by atoms with Gasteiger partial charge in [-0.15, -0.1) is 0 Å². The summed E-state index contributed by atoms with van der Waals surface area (Å²) < 4.78 is 43.5. The molecule has 2 atom stereocenters. The second-order valence-corrected chi connectivity index (χ2v) is 5.93. The van der Waals surface area contributed by atoms with Crippen molar-refractivity contribution in [2.45, 2.75) is 32.2 Å². The van der Waals surface area contributed by atoms with Crippen LogP contribution in [0.1, 0.15) is 40.1 Å². The molecule has 0 saturated heterocycles. The number of benzene rings is 1. The minimum atomic E-state index is -4.68. The monoisotopic (exact) mass is 352 g/mol. The molecule has 0 bridgehead atoms. The topological polar surface area (TPSA) is 71.2 Å². The second-order valence-electron chi connectivity index (χ2n) is 5.93. The SMILES string of the molecule is Cc1ccc2c(c1)OC(C)C2NC(=O)c1ccc(C(F)(F)F)[nH]c1=O. The van der Waals surface area contributed by atoms with E-state index in [0.717, 1.165) is 17.2 Å². The van der Waals surface area contributed by atoms with Crippen molar-refractivity contribution in [3.05, 3.63) is 63.1 Å². The van der Waals surface area contributed by atoms with Gasteiger partial charge in [-0.1, -0.05) is 12.1 Å². The molecule has 132 valence electrons. The number of aryl methyl sites for hydroxylation is 1. The molecule has 0 aliphatic carbocycles. The predicted molar refractivity (Wildman–Crippen MR) is 83.5 cm³/mol. The molecule has 25 heavy (non-hydrogen) atoms. The normalized spacial score (nSPS) is 19.2. The van der Waals surface area contributed by atoms with Crippen molar-refractivity contribution in [2.24, 2.45) is 0 Å². The molecule has 2 heterocycles. The summed E-state index contributed by atoms with van der Waals surface area (Å²) in [4.78, 5) is 25.8. The molecular weight excluding hydrogens is 337 g/mol. The lowest BCUT2D eigenvalue weighted by Crippen LogP contribution is -2.37. The highest BCUT2D eigenvalue weighted by atomic mass is 19.4. The minimum absolute atomic E-state index is 0.366. The predicted octanol–water partition coefficient (Wildman–Crippen LogP) is 2.95. The third-order valence-corrected chi connectivity index (χ3v) is 4.03. The lowest BCUT2D eigenvalue weighted by molar-refractivity contribution is -0.141. The highest BCUT2D eigenvalue weighted by Crippen LogP contribution is 2.37. The van der Waals surface area contributed by atoms with Gasteiger partial charge in [-0.2, -0.15) is 13.2 Å². The average molecular weight is 352 g/mol. The van der Waals surface area contributed by atoms with Crippen molar-refractivity contribution in [2.75, 3.05) is 0 Å².